The Hall–Kier alpha value is -2.96. The number of hydrogen-bond acceptors (Lipinski definition) is 9. The van der Waals surface area contributed by atoms with Crippen LogP contribution in [0.5, 0.6) is 0 Å². The highest BCUT2D eigenvalue weighted by atomic mass is 32.2. The quantitative estimate of drug-likeness (QED) is 0.435. The zero-order valence-corrected chi connectivity index (χ0v) is 19.5. The van der Waals surface area contributed by atoms with Gasteiger partial charge in [0.15, 0.2) is 5.79 Å². The number of thioether (sulfide) groups is 1. The molecule has 2 aromatic heterocycles. The van der Waals surface area contributed by atoms with Gasteiger partial charge in [0, 0.05) is 47.9 Å². The molecule has 3 fully saturated rings. The van der Waals surface area contributed by atoms with Crippen molar-refractivity contribution in [1.82, 2.24) is 14.9 Å². The second kappa shape index (κ2) is 7.52. The van der Waals surface area contributed by atoms with E-state index in [4.69, 9.17) is 9.47 Å². The molecule has 2 bridgehead atoms. The molecule has 5 aliphatic rings. The van der Waals surface area contributed by atoms with Crippen LogP contribution in [0.1, 0.15) is 12.0 Å². The summed E-state index contributed by atoms with van der Waals surface area (Å²) in [5.41, 5.74) is 2.53. The minimum absolute atomic E-state index is 0.00445. The maximum atomic E-state index is 12.3. The van der Waals surface area contributed by atoms with E-state index in [9.17, 15) is 14.7 Å². The van der Waals surface area contributed by atoms with Gasteiger partial charge in [0.1, 0.15) is 5.60 Å². The Morgan fingerprint density at radius 1 is 1.20 bits per heavy atom. The van der Waals surface area contributed by atoms with Crippen LogP contribution in [-0.2, 0) is 26.4 Å². The van der Waals surface area contributed by atoms with Gasteiger partial charge in [-0.15, -0.1) is 11.8 Å². The van der Waals surface area contributed by atoms with Gasteiger partial charge >= 0.3 is 0 Å². The first-order valence-corrected chi connectivity index (χ1v) is 12.5. The van der Waals surface area contributed by atoms with Crippen LogP contribution >= 0.6 is 11.8 Å². The number of carbonyl (C=O) groups excluding carboxylic acids is 1. The SMILES string of the molecule is O=C1CSc2ccc(N3CC4(CCNCC5(O)Cn6c(=O)ccc7nccc5c76)OC3O4)cc2N1. The van der Waals surface area contributed by atoms with Gasteiger partial charge in [0.05, 0.1) is 35.6 Å². The average Bonchev–Trinajstić information content (AvgIpc) is 3.48. The average molecular weight is 494 g/mol. The number of aliphatic hydroxyl groups is 1. The molecule has 7 heterocycles. The normalized spacial score (nSPS) is 28.2. The van der Waals surface area contributed by atoms with Crippen molar-refractivity contribution < 1.29 is 19.4 Å². The van der Waals surface area contributed by atoms with Gasteiger partial charge in [0.25, 0.3) is 5.56 Å². The third-order valence-electron chi connectivity index (χ3n) is 7.12. The first-order chi connectivity index (χ1) is 16.9. The molecule has 3 aromatic rings. The molecule has 0 saturated carbocycles. The predicted molar refractivity (Wildman–Crippen MR) is 129 cm³/mol. The third-order valence-corrected chi connectivity index (χ3v) is 8.19. The van der Waals surface area contributed by atoms with Crippen LogP contribution in [0.25, 0.3) is 11.0 Å². The van der Waals surface area contributed by atoms with E-state index in [1.165, 1.54) is 17.8 Å². The molecule has 0 spiro atoms. The molecule has 180 valence electrons. The topological polar surface area (TPSA) is 118 Å². The summed E-state index contributed by atoms with van der Waals surface area (Å²) in [4.78, 5) is 31.5. The number of benzene rings is 1. The Labute approximate surface area is 204 Å². The molecule has 0 radical (unpaired) electrons. The van der Waals surface area contributed by atoms with Crippen molar-refractivity contribution in [3.05, 3.63) is 58.5 Å². The number of pyridine rings is 2. The summed E-state index contributed by atoms with van der Waals surface area (Å²) in [5, 5.41) is 17.6. The fourth-order valence-electron chi connectivity index (χ4n) is 5.40. The first-order valence-electron chi connectivity index (χ1n) is 11.5. The standard InChI is InChI=1S/C24H23N5O5S/c30-19-10-35-18-3-1-14(9-17(18)27-19)28-13-24(33-22(28)34-24)6-8-25-11-23(32)12-29-20(31)4-2-16-21(29)15(23)5-7-26-16/h1-5,7,9,22,25,32H,6,8,10-13H2,(H,27,30). The van der Waals surface area contributed by atoms with Crippen LogP contribution < -0.4 is 21.1 Å². The fraction of sp³-hybridized carbons (Fsp3) is 0.375. The van der Waals surface area contributed by atoms with E-state index >= 15 is 0 Å². The molecule has 1 atom stereocenters. The van der Waals surface area contributed by atoms with Crippen molar-refractivity contribution in [2.75, 3.05) is 35.6 Å². The molecule has 8 rings (SSSR count). The first kappa shape index (κ1) is 21.3. The Morgan fingerprint density at radius 2 is 2.09 bits per heavy atom. The van der Waals surface area contributed by atoms with Gasteiger partial charge < -0.3 is 34.7 Å². The molecule has 35 heavy (non-hydrogen) atoms. The fourth-order valence-corrected chi connectivity index (χ4v) is 6.19. The van der Waals surface area contributed by atoms with Crippen molar-refractivity contribution in [2.24, 2.45) is 0 Å². The number of anilines is 2. The van der Waals surface area contributed by atoms with Crippen LogP contribution in [0, 0.1) is 0 Å². The molecule has 3 N–H and O–H groups in total. The molecule has 10 nitrogen and oxygen atoms in total. The zero-order valence-electron chi connectivity index (χ0n) is 18.7. The van der Waals surface area contributed by atoms with E-state index in [1.807, 2.05) is 23.1 Å². The number of fused-ring (bicyclic) bond motifs is 2. The second-order valence-corrected chi connectivity index (χ2v) is 10.4. The summed E-state index contributed by atoms with van der Waals surface area (Å²) in [5.74, 6) is -0.261. The third kappa shape index (κ3) is 3.30. The number of carbonyl (C=O) groups is 1. The number of hydrogen-bond donors (Lipinski definition) is 3. The Morgan fingerprint density at radius 3 is 2.97 bits per heavy atom. The smallest absolute Gasteiger partial charge is 0.251 e. The highest BCUT2D eigenvalue weighted by Gasteiger charge is 2.58. The Kier molecular flexibility index (Phi) is 4.58. The van der Waals surface area contributed by atoms with Crippen molar-refractivity contribution >= 4 is 40.1 Å². The van der Waals surface area contributed by atoms with Gasteiger partial charge in [-0.2, -0.15) is 0 Å². The van der Waals surface area contributed by atoms with Crippen LogP contribution in [0.2, 0.25) is 0 Å². The molecule has 0 aliphatic carbocycles. The molecular weight excluding hydrogens is 470 g/mol. The van der Waals surface area contributed by atoms with E-state index in [-0.39, 0.29) is 18.0 Å². The monoisotopic (exact) mass is 493 g/mol. The molecule has 1 aromatic carbocycles. The summed E-state index contributed by atoms with van der Waals surface area (Å²) in [6.45, 7) is 1.63. The molecule has 1 unspecified atom stereocenters. The van der Waals surface area contributed by atoms with Crippen LogP contribution in [0.3, 0.4) is 0 Å². The lowest BCUT2D eigenvalue weighted by Gasteiger charge is -2.37. The van der Waals surface area contributed by atoms with E-state index < -0.39 is 17.8 Å². The van der Waals surface area contributed by atoms with Crippen LogP contribution in [0.15, 0.2) is 52.3 Å². The number of ether oxygens (including phenoxy) is 2. The number of nitrogens with zero attached hydrogens (tertiary/aromatic N) is 3. The number of rotatable bonds is 6. The van der Waals surface area contributed by atoms with E-state index in [0.717, 1.165) is 16.3 Å². The number of nitrogens with one attached hydrogen (secondary N) is 2. The highest BCUT2D eigenvalue weighted by molar-refractivity contribution is 8.00. The summed E-state index contributed by atoms with van der Waals surface area (Å²) < 4.78 is 13.7. The summed E-state index contributed by atoms with van der Waals surface area (Å²) in [6, 6.07) is 11.0. The van der Waals surface area contributed by atoms with Gasteiger partial charge in [-0.1, -0.05) is 0 Å². The molecular formula is C24H23N5O5S. The van der Waals surface area contributed by atoms with Crippen molar-refractivity contribution in [1.29, 1.82) is 0 Å². The number of amides is 1. The minimum Gasteiger partial charge on any atom is -0.382 e. The van der Waals surface area contributed by atoms with Gasteiger partial charge in [-0.05, 0) is 30.3 Å². The molecule has 1 amide bonds. The van der Waals surface area contributed by atoms with Crippen LogP contribution in [-0.4, -0.2) is 58.2 Å². The lowest BCUT2D eigenvalue weighted by atomic mass is 9.96. The van der Waals surface area contributed by atoms with Gasteiger partial charge in [-0.3, -0.25) is 14.6 Å². The lowest BCUT2D eigenvalue weighted by Crippen LogP contribution is -2.49. The Bertz CT molecular complexity index is 1440. The van der Waals surface area contributed by atoms with E-state index in [1.54, 1.807) is 22.9 Å². The van der Waals surface area contributed by atoms with Crippen molar-refractivity contribution in [3.63, 3.8) is 0 Å². The molecule has 3 saturated heterocycles. The van der Waals surface area contributed by atoms with Gasteiger partial charge in [0.2, 0.25) is 12.3 Å². The van der Waals surface area contributed by atoms with Crippen molar-refractivity contribution in [2.45, 2.75) is 35.7 Å². The second-order valence-electron chi connectivity index (χ2n) is 9.41. The zero-order chi connectivity index (χ0) is 23.8. The van der Waals surface area contributed by atoms with Crippen LogP contribution in [0.4, 0.5) is 11.4 Å². The maximum Gasteiger partial charge on any atom is 0.251 e. The lowest BCUT2D eigenvalue weighted by molar-refractivity contribution is -0.405. The molecule has 5 aliphatic heterocycles. The minimum atomic E-state index is -1.19. The molecule has 11 heteroatoms. The van der Waals surface area contributed by atoms with E-state index in [0.29, 0.717) is 48.4 Å². The highest BCUT2D eigenvalue weighted by Crippen LogP contribution is 2.46. The Balaban J connectivity index is 0.994. The summed E-state index contributed by atoms with van der Waals surface area (Å²) >= 11 is 1.53. The largest absolute Gasteiger partial charge is 0.382 e. The predicted octanol–water partition coefficient (Wildman–Crippen LogP) is 1.17. The van der Waals surface area contributed by atoms with Gasteiger partial charge in [-0.25, -0.2) is 0 Å². The van der Waals surface area contributed by atoms with Crippen molar-refractivity contribution in [3.8, 4) is 0 Å². The number of aromatic nitrogens is 2. The summed E-state index contributed by atoms with van der Waals surface area (Å²) in [7, 11) is 0. The maximum absolute atomic E-state index is 12.3. The summed E-state index contributed by atoms with van der Waals surface area (Å²) in [6.07, 6.45) is 1.83. The van der Waals surface area contributed by atoms with E-state index in [2.05, 4.69) is 15.6 Å².